The minimum Gasteiger partial charge on any atom is -0.493 e. The number of hydrogen-bond acceptors (Lipinski definition) is 6. The molecule has 0 aliphatic carbocycles. The first-order chi connectivity index (χ1) is 12.6. The monoisotopic (exact) mass is 372 g/mol. The molecular formula is C19H17FN2O3S. The third kappa shape index (κ3) is 3.22. The van der Waals surface area contributed by atoms with Crippen molar-refractivity contribution in [3.05, 3.63) is 53.8 Å². The van der Waals surface area contributed by atoms with Gasteiger partial charge in [-0.05, 0) is 37.3 Å². The molecule has 1 fully saturated rings. The van der Waals surface area contributed by atoms with E-state index in [9.17, 15) is 9.18 Å². The van der Waals surface area contributed by atoms with Gasteiger partial charge in [0.25, 0.3) is 0 Å². The van der Waals surface area contributed by atoms with Gasteiger partial charge < -0.3 is 14.4 Å². The highest BCUT2D eigenvalue weighted by Gasteiger charge is 2.33. The molecule has 1 aliphatic rings. The molecule has 0 bridgehead atoms. The van der Waals surface area contributed by atoms with E-state index in [1.54, 1.807) is 24.3 Å². The summed E-state index contributed by atoms with van der Waals surface area (Å²) in [5.41, 5.74) is 1.21. The molecule has 1 aliphatic heterocycles. The van der Waals surface area contributed by atoms with Gasteiger partial charge in [-0.15, -0.1) is 0 Å². The van der Waals surface area contributed by atoms with Gasteiger partial charge >= 0.3 is 5.97 Å². The molecule has 0 spiro atoms. The first-order valence-corrected chi connectivity index (χ1v) is 9.19. The molecule has 0 unspecified atom stereocenters. The van der Waals surface area contributed by atoms with E-state index in [2.05, 4.69) is 4.98 Å². The predicted molar refractivity (Wildman–Crippen MR) is 98.6 cm³/mol. The van der Waals surface area contributed by atoms with Gasteiger partial charge in [0.15, 0.2) is 5.13 Å². The molecule has 3 aromatic rings. The number of carbonyl (C=O) groups excluding carboxylic acids is 1. The number of benzene rings is 2. The van der Waals surface area contributed by atoms with Crippen LogP contribution in [-0.2, 0) is 4.74 Å². The Hall–Kier alpha value is -2.67. The van der Waals surface area contributed by atoms with Crippen molar-refractivity contribution >= 4 is 32.7 Å². The van der Waals surface area contributed by atoms with Crippen molar-refractivity contribution in [3.63, 3.8) is 0 Å². The molecule has 0 amide bonds. The number of nitrogens with zero attached hydrogens (tertiary/aromatic N) is 2. The van der Waals surface area contributed by atoms with Gasteiger partial charge in [0.1, 0.15) is 23.2 Å². The van der Waals surface area contributed by atoms with Gasteiger partial charge in [-0.2, -0.15) is 0 Å². The number of carbonyl (C=O) groups is 1. The SMILES string of the molecule is CCOc1ccccc1C(=O)OC1CN(c2nc3ccc(F)cc3s2)C1. The van der Waals surface area contributed by atoms with Crippen LogP contribution in [0.15, 0.2) is 42.5 Å². The number of rotatable bonds is 5. The summed E-state index contributed by atoms with van der Waals surface area (Å²) < 4.78 is 25.1. The van der Waals surface area contributed by atoms with Gasteiger partial charge in [-0.25, -0.2) is 14.2 Å². The molecule has 0 atom stereocenters. The van der Waals surface area contributed by atoms with E-state index < -0.39 is 0 Å². The topological polar surface area (TPSA) is 51.7 Å². The number of esters is 1. The third-order valence-electron chi connectivity index (χ3n) is 4.14. The van der Waals surface area contributed by atoms with E-state index in [4.69, 9.17) is 9.47 Å². The van der Waals surface area contributed by atoms with Crippen LogP contribution in [0.2, 0.25) is 0 Å². The minimum atomic E-state index is -0.384. The zero-order valence-corrected chi connectivity index (χ0v) is 15.0. The summed E-state index contributed by atoms with van der Waals surface area (Å²) in [5, 5.41) is 0.813. The van der Waals surface area contributed by atoms with E-state index in [1.165, 1.54) is 23.5 Å². The van der Waals surface area contributed by atoms with Crippen LogP contribution >= 0.6 is 11.3 Å². The van der Waals surface area contributed by atoms with Crippen LogP contribution in [-0.4, -0.2) is 36.8 Å². The number of ether oxygens (including phenoxy) is 2. The molecule has 2 aromatic carbocycles. The first kappa shape index (κ1) is 16.8. The van der Waals surface area contributed by atoms with E-state index in [-0.39, 0.29) is 17.9 Å². The molecular weight excluding hydrogens is 355 g/mol. The highest BCUT2D eigenvalue weighted by molar-refractivity contribution is 7.22. The van der Waals surface area contributed by atoms with Crippen molar-refractivity contribution in [1.82, 2.24) is 4.98 Å². The van der Waals surface area contributed by atoms with Crippen molar-refractivity contribution in [2.24, 2.45) is 0 Å². The van der Waals surface area contributed by atoms with Gasteiger partial charge in [0, 0.05) is 0 Å². The highest BCUT2D eigenvalue weighted by Crippen LogP contribution is 2.32. The number of fused-ring (bicyclic) bond motifs is 1. The van der Waals surface area contributed by atoms with Gasteiger partial charge in [-0.3, -0.25) is 0 Å². The van der Waals surface area contributed by atoms with Crippen LogP contribution in [0.4, 0.5) is 9.52 Å². The number of thiazole rings is 1. The van der Waals surface area contributed by atoms with E-state index in [0.29, 0.717) is 31.0 Å². The number of aromatic nitrogens is 1. The van der Waals surface area contributed by atoms with Gasteiger partial charge in [0.2, 0.25) is 0 Å². The lowest BCUT2D eigenvalue weighted by Crippen LogP contribution is -2.53. The molecule has 1 saturated heterocycles. The Morgan fingerprint density at radius 2 is 2.12 bits per heavy atom. The Morgan fingerprint density at radius 3 is 2.92 bits per heavy atom. The summed E-state index contributed by atoms with van der Waals surface area (Å²) in [6, 6.07) is 11.6. The van der Waals surface area contributed by atoms with Crippen LogP contribution in [0, 0.1) is 5.82 Å². The second kappa shape index (κ2) is 6.92. The second-order valence-electron chi connectivity index (χ2n) is 5.97. The summed E-state index contributed by atoms with van der Waals surface area (Å²) in [6.07, 6.45) is -0.194. The van der Waals surface area contributed by atoms with Crippen LogP contribution in [0.5, 0.6) is 5.75 Å². The van der Waals surface area contributed by atoms with Crippen molar-refractivity contribution < 1.29 is 18.7 Å². The Balaban J connectivity index is 1.39. The van der Waals surface area contributed by atoms with Crippen molar-refractivity contribution in [2.75, 3.05) is 24.6 Å². The Bertz CT molecular complexity index is 953. The summed E-state index contributed by atoms with van der Waals surface area (Å²) in [6.45, 7) is 3.51. The van der Waals surface area contributed by atoms with Crippen molar-refractivity contribution in [1.29, 1.82) is 0 Å². The molecule has 7 heteroatoms. The Morgan fingerprint density at radius 1 is 1.31 bits per heavy atom. The lowest BCUT2D eigenvalue weighted by atomic mass is 10.1. The van der Waals surface area contributed by atoms with E-state index >= 15 is 0 Å². The quantitative estimate of drug-likeness (QED) is 0.636. The summed E-state index contributed by atoms with van der Waals surface area (Å²) in [7, 11) is 0. The third-order valence-corrected chi connectivity index (χ3v) is 5.22. The summed E-state index contributed by atoms with van der Waals surface area (Å²) in [4.78, 5) is 18.9. The molecule has 26 heavy (non-hydrogen) atoms. The summed E-state index contributed by atoms with van der Waals surface area (Å²) >= 11 is 1.44. The molecule has 4 rings (SSSR count). The standard InChI is InChI=1S/C19H17FN2O3S/c1-2-24-16-6-4-3-5-14(16)18(23)25-13-10-22(11-13)19-21-15-8-7-12(20)9-17(15)26-19/h3-9,13H,2,10-11H2,1H3. The fourth-order valence-electron chi connectivity index (χ4n) is 2.82. The number of hydrogen-bond donors (Lipinski definition) is 0. The highest BCUT2D eigenvalue weighted by atomic mass is 32.1. The Kier molecular flexibility index (Phi) is 4.46. The lowest BCUT2D eigenvalue weighted by molar-refractivity contribution is 0.0230. The zero-order valence-electron chi connectivity index (χ0n) is 14.1. The molecule has 0 radical (unpaired) electrons. The molecule has 1 aromatic heterocycles. The average Bonchev–Trinajstić information content (AvgIpc) is 3.00. The number of para-hydroxylation sites is 1. The van der Waals surface area contributed by atoms with Crippen LogP contribution in [0.3, 0.4) is 0 Å². The normalized spacial score (nSPS) is 14.3. The number of anilines is 1. The Labute approximate surface area is 154 Å². The van der Waals surface area contributed by atoms with Crippen LogP contribution in [0.1, 0.15) is 17.3 Å². The predicted octanol–water partition coefficient (Wildman–Crippen LogP) is 3.88. The van der Waals surface area contributed by atoms with E-state index in [0.717, 1.165) is 15.3 Å². The number of halogens is 1. The molecule has 5 nitrogen and oxygen atoms in total. The maximum Gasteiger partial charge on any atom is 0.342 e. The largest absolute Gasteiger partial charge is 0.493 e. The minimum absolute atomic E-state index is 0.194. The first-order valence-electron chi connectivity index (χ1n) is 8.38. The fourth-order valence-corrected chi connectivity index (χ4v) is 3.83. The second-order valence-corrected chi connectivity index (χ2v) is 6.98. The molecule has 134 valence electrons. The maximum absolute atomic E-state index is 13.3. The zero-order chi connectivity index (χ0) is 18.1. The summed E-state index contributed by atoms with van der Waals surface area (Å²) in [5.74, 6) is -0.120. The van der Waals surface area contributed by atoms with Crippen molar-refractivity contribution in [3.8, 4) is 5.75 Å². The average molecular weight is 372 g/mol. The molecule has 0 N–H and O–H groups in total. The van der Waals surface area contributed by atoms with Crippen molar-refractivity contribution in [2.45, 2.75) is 13.0 Å². The molecule has 2 heterocycles. The van der Waals surface area contributed by atoms with Gasteiger partial charge in [0.05, 0.1) is 29.9 Å². The smallest absolute Gasteiger partial charge is 0.342 e. The van der Waals surface area contributed by atoms with E-state index in [1.807, 2.05) is 17.9 Å². The van der Waals surface area contributed by atoms with Gasteiger partial charge in [-0.1, -0.05) is 23.5 Å². The van der Waals surface area contributed by atoms with Crippen LogP contribution < -0.4 is 9.64 Å². The fraction of sp³-hybridized carbons (Fsp3) is 0.263. The molecule has 0 saturated carbocycles. The lowest BCUT2D eigenvalue weighted by Gasteiger charge is -2.38. The van der Waals surface area contributed by atoms with Crippen LogP contribution in [0.25, 0.3) is 10.2 Å². The maximum atomic E-state index is 13.3.